The first kappa shape index (κ1) is 26.0. The maximum absolute atomic E-state index is 15.4. The number of halogens is 5. The van der Waals surface area contributed by atoms with Gasteiger partial charge in [-0.3, -0.25) is 4.79 Å². The monoisotopic (exact) mass is 506 g/mol. The fraction of sp³-hybridized carbons (Fsp3) is 0.409. The van der Waals surface area contributed by atoms with Gasteiger partial charge in [-0.2, -0.15) is 8.78 Å². The topological polar surface area (TPSA) is 86.7 Å². The molecule has 1 aliphatic heterocycles. The molecule has 0 radical (unpaired) electrons. The molecule has 0 spiro atoms. The van der Waals surface area contributed by atoms with Crippen LogP contribution in [0.1, 0.15) is 25.8 Å². The third kappa shape index (κ3) is 5.56. The first-order valence-corrected chi connectivity index (χ1v) is 11.8. The van der Waals surface area contributed by atoms with Crippen molar-refractivity contribution in [1.29, 1.82) is 0 Å². The average molecular weight is 506 g/mol. The molecule has 12 heteroatoms. The quantitative estimate of drug-likeness (QED) is 0.565. The molecule has 1 amide bonds. The van der Waals surface area contributed by atoms with Crippen molar-refractivity contribution in [3.63, 3.8) is 0 Å². The summed E-state index contributed by atoms with van der Waals surface area (Å²) in [5.41, 5.74) is -2.11. The third-order valence-corrected chi connectivity index (χ3v) is 6.66. The minimum atomic E-state index is -5.02. The van der Waals surface area contributed by atoms with E-state index >= 15 is 4.39 Å². The molecule has 0 saturated carbocycles. The Morgan fingerprint density at radius 2 is 1.79 bits per heavy atom. The lowest BCUT2D eigenvalue weighted by molar-refractivity contribution is -0.148. The standard InChI is InChI=1S/C22H23F5N2O4S/c1-22(2,31)20(30)29-7-6-17(28-34(32,33)21(26)27)18(29)10-12-4-3-5-16(19(12)25)13-8-14(23)11-15(24)9-13/h3-5,8-9,11,17-18,21,28,31H,6-7,10H2,1-2H3/t17-,18-/m0/s1. The van der Waals surface area contributed by atoms with Crippen LogP contribution in [0.2, 0.25) is 0 Å². The maximum atomic E-state index is 15.4. The molecule has 1 aliphatic rings. The number of likely N-dealkylation sites (tertiary alicyclic amines) is 1. The molecule has 2 N–H and O–H groups in total. The van der Waals surface area contributed by atoms with E-state index < -0.39 is 56.8 Å². The number of rotatable bonds is 7. The SMILES string of the molecule is CC(C)(O)C(=O)N1CC[C@H](NS(=O)(=O)C(F)F)[C@@H]1Cc1cccc(-c2cc(F)cc(F)c2)c1F. The van der Waals surface area contributed by atoms with Gasteiger partial charge in [0.25, 0.3) is 15.9 Å². The minimum absolute atomic E-state index is 0.0381. The molecule has 1 heterocycles. The lowest BCUT2D eigenvalue weighted by Crippen LogP contribution is -2.53. The molecule has 0 bridgehead atoms. The first-order valence-electron chi connectivity index (χ1n) is 10.3. The van der Waals surface area contributed by atoms with Crippen molar-refractivity contribution in [2.75, 3.05) is 6.54 Å². The Balaban J connectivity index is 2.00. The zero-order chi connectivity index (χ0) is 25.4. The van der Waals surface area contributed by atoms with Gasteiger partial charge in [-0.05, 0) is 49.9 Å². The summed E-state index contributed by atoms with van der Waals surface area (Å²) < 4.78 is 93.9. The lowest BCUT2D eigenvalue weighted by atomic mass is 9.95. The van der Waals surface area contributed by atoms with Gasteiger partial charge in [0.15, 0.2) is 0 Å². The van der Waals surface area contributed by atoms with E-state index in [2.05, 4.69) is 0 Å². The third-order valence-electron chi connectivity index (χ3n) is 5.56. The Bertz CT molecular complexity index is 1160. The molecule has 2 atom stereocenters. The van der Waals surface area contributed by atoms with Crippen molar-refractivity contribution in [3.8, 4) is 11.1 Å². The van der Waals surface area contributed by atoms with Gasteiger partial charge >= 0.3 is 5.76 Å². The van der Waals surface area contributed by atoms with Crippen LogP contribution in [0.15, 0.2) is 36.4 Å². The van der Waals surface area contributed by atoms with Gasteiger partial charge in [-0.1, -0.05) is 18.2 Å². The molecule has 186 valence electrons. The summed E-state index contributed by atoms with van der Waals surface area (Å²) in [5.74, 6) is -7.21. The predicted molar refractivity (Wildman–Crippen MR) is 114 cm³/mol. The fourth-order valence-electron chi connectivity index (χ4n) is 4.00. The average Bonchev–Trinajstić information content (AvgIpc) is 3.08. The number of carbonyl (C=O) groups is 1. The van der Waals surface area contributed by atoms with E-state index in [9.17, 15) is 35.9 Å². The van der Waals surface area contributed by atoms with Crippen LogP contribution in [-0.2, 0) is 21.2 Å². The van der Waals surface area contributed by atoms with Crippen LogP contribution < -0.4 is 4.72 Å². The van der Waals surface area contributed by atoms with Crippen molar-refractivity contribution in [2.45, 2.75) is 50.1 Å². The van der Waals surface area contributed by atoms with E-state index in [1.165, 1.54) is 32.0 Å². The summed E-state index contributed by atoms with van der Waals surface area (Å²) >= 11 is 0. The Hall–Kier alpha value is -2.57. The van der Waals surface area contributed by atoms with Crippen LogP contribution in [0.25, 0.3) is 11.1 Å². The molecule has 0 aliphatic carbocycles. The highest BCUT2D eigenvalue weighted by atomic mass is 32.2. The number of sulfonamides is 1. The van der Waals surface area contributed by atoms with Crippen LogP contribution in [0.5, 0.6) is 0 Å². The Kier molecular flexibility index (Phi) is 7.34. The largest absolute Gasteiger partial charge is 0.381 e. The summed E-state index contributed by atoms with van der Waals surface area (Å²) in [6, 6.07) is 4.24. The summed E-state index contributed by atoms with van der Waals surface area (Å²) in [6.45, 7) is 2.35. The summed E-state index contributed by atoms with van der Waals surface area (Å²) in [5, 5.41) is 10.1. The second-order valence-corrected chi connectivity index (χ2v) is 10.3. The van der Waals surface area contributed by atoms with Crippen molar-refractivity contribution in [3.05, 3.63) is 59.4 Å². The highest BCUT2D eigenvalue weighted by Crippen LogP contribution is 2.31. The van der Waals surface area contributed by atoms with Gasteiger partial charge in [0, 0.05) is 24.2 Å². The number of nitrogens with zero attached hydrogens (tertiary/aromatic N) is 1. The molecule has 1 fully saturated rings. The normalized spacial score (nSPS) is 19.1. The number of carbonyl (C=O) groups excluding carboxylic acids is 1. The first-order chi connectivity index (χ1) is 15.7. The van der Waals surface area contributed by atoms with Crippen molar-refractivity contribution < 1.29 is 40.3 Å². The number of hydrogen-bond acceptors (Lipinski definition) is 4. The predicted octanol–water partition coefficient (Wildman–Crippen LogP) is 3.20. The van der Waals surface area contributed by atoms with Gasteiger partial charge in [0.2, 0.25) is 0 Å². The van der Waals surface area contributed by atoms with Crippen molar-refractivity contribution >= 4 is 15.9 Å². The van der Waals surface area contributed by atoms with Crippen LogP contribution in [-0.4, -0.2) is 54.3 Å². The van der Waals surface area contributed by atoms with E-state index in [-0.39, 0.29) is 36.1 Å². The van der Waals surface area contributed by atoms with Crippen LogP contribution in [0, 0.1) is 17.5 Å². The molecule has 6 nitrogen and oxygen atoms in total. The molecule has 34 heavy (non-hydrogen) atoms. The fourth-order valence-corrected chi connectivity index (χ4v) is 4.80. The molecule has 2 aromatic carbocycles. The van der Waals surface area contributed by atoms with Crippen LogP contribution in [0.4, 0.5) is 22.0 Å². The van der Waals surface area contributed by atoms with Crippen LogP contribution in [0.3, 0.4) is 0 Å². The molecule has 0 aromatic heterocycles. The van der Waals surface area contributed by atoms with Gasteiger partial charge in [0.05, 0.1) is 6.04 Å². The number of alkyl halides is 2. The Labute approximate surface area is 193 Å². The number of aliphatic hydroxyl groups is 1. The zero-order valence-corrected chi connectivity index (χ0v) is 19.1. The number of amides is 1. The van der Waals surface area contributed by atoms with Gasteiger partial charge in [-0.15, -0.1) is 0 Å². The highest BCUT2D eigenvalue weighted by molar-refractivity contribution is 7.89. The second kappa shape index (κ2) is 9.59. The molecule has 3 rings (SSSR count). The summed E-state index contributed by atoms with van der Waals surface area (Å²) in [7, 11) is -5.02. The highest BCUT2D eigenvalue weighted by Gasteiger charge is 2.44. The van der Waals surface area contributed by atoms with E-state index in [0.29, 0.717) is 6.07 Å². The molecule has 1 saturated heterocycles. The van der Waals surface area contributed by atoms with E-state index in [4.69, 9.17) is 0 Å². The summed E-state index contributed by atoms with van der Waals surface area (Å²) in [6.07, 6.45) is -0.357. The van der Waals surface area contributed by atoms with Gasteiger partial charge in [-0.25, -0.2) is 26.3 Å². The van der Waals surface area contributed by atoms with Crippen LogP contribution >= 0.6 is 0 Å². The molecule has 0 unspecified atom stereocenters. The van der Waals surface area contributed by atoms with E-state index in [1.54, 1.807) is 0 Å². The molecular formula is C22H23F5N2O4S. The van der Waals surface area contributed by atoms with E-state index in [1.807, 2.05) is 4.72 Å². The number of hydrogen-bond donors (Lipinski definition) is 2. The molecule has 2 aromatic rings. The smallest absolute Gasteiger partial charge is 0.350 e. The van der Waals surface area contributed by atoms with Gasteiger partial charge < -0.3 is 10.0 Å². The Morgan fingerprint density at radius 1 is 1.18 bits per heavy atom. The Morgan fingerprint density at radius 3 is 2.35 bits per heavy atom. The second-order valence-electron chi connectivity index (χ2n) is 8.58. The molecular weight excluding hydrogens is 483 g/mol. The number of benzene rings is 2. The number of nitrogens with one attached hydrogen (secondary N) is 1. The van der Waals surface area contributed by atoms with Crippen molar-refractivity contribution in [1.82, 2.24) is 9.62 Å². The maximum Gasteiger partial charge on any atom is 0.350 e. The zero-order valence-electron chi connectivity index (χ0n) is 18.2. The van der Waals surface area contributed by atoms with E-state index in [0.717, 1.165) is 17.0 Å². The lowest BCUT2D eigenvalue weighted by Gasteiger charge is -2.32. The van der Waals surface area contributed by atoms with Gasteiger partial charge in [0.1, 0.15) is 23.1 Å². The minimum Gasteiger partial charge on any atom is -0.381 e. The van der Waals surface area contributed by atoms with Crippen molar-refractivity contribution in [2.24, 2.45) is 0 Å². The summed E-state index contributed by atoms with van der Waals surface area (Å²) in [4.78, 5) is 13.9.